The molecule has 2 rings (SSSR count). The minimum absolute atomic E-state index is 0.0417. The van der Waals surface area contributed by atoms with E-state index >= 15 is 0 Å². The van der Waals surface area contributed by atoms with Crippen LogP contribution in [0.5, 0.6) is 11.5 Å². The summed E-state index contributed by atoms with van der Waals surface area (Å²) in [5.41, 5.74) is 0.278. The average molecular weight is 358 g/mol. The predicted molar refractivity (Wildman–Crippen MR) is 83.7 cm³/mol. The Balaban J connectivity index is 2.46. The lowest BCUT2D eigenvalue weighted by Crippen LogP contribution is -2.44. The minimum atomic E-state index is -4.19. The number of aliphatic carboxylic acids is 1. The zero-order valence-corrected chi connectivity index (χ0v) is 14.1. The molecule has 1 aromatic rings. The van der Waals surface area contributed by atoms with Gasteiger partial charge in [-0.2, -0.15) is 4.72 Å². The van der Waals surface area contributed by atoms with Gasteiger partial charge in [0.15, 0.2) is 6.61 Å². The highest BCUT2D eigenvalue weighted by molar-refractivity contribution is 7.89. The smallest absolute Gasteiger partial charge is 0.322 e. The van der Waals surface area contributed by atoms with E-state index in [1.165, 1.54) is 19.2 Å². The van der Waals surface area contributed by atoms with E-state index in [1.807, 2.05) is 0 Å². The van der Waals surface area contributed by atoms with Gasteiger partial charge in [-0.3, -0.25) is 9.59 Å². The third kappa shape index (κ3) is 3.60. The molecular weight excluding hydrogens is 340 g/mol. The van der Waals surface area contributed by atoms with Gasteiger partial charge in [-0.25, -0.2) is 8.42 Å². The second-order valence-corrected chi connectivity index (χ2v) is 7.20. The Bertz CT molecular complexity index is 774. The maximum absolute atomic E-state index is 12.6. The van der Waals surface area contributed by atoms with Crippen molar-refractivity contribution in [3.05, 3.63) is 12.1 Å². The lowest BCUT2D eigenvalue weighted by atomic mass is 10.1. The van der Waals surface area contributed by atoms with Crippen LogP contribution in [0.2, 0.25) is 0 Å². The molecule has 0 aliphatic carbocycles. The highest BCUT2D eigenvalue weighted by Crippen LogP contribution is 2.37. The molecule has 0 fully saturated rings. The number of rotatable bonds is 6. The normalized spacial score (nSPS) is 15.2. The SMILES string of the molecule is COc1cc2c(cc1S(=O)(=O)N[C@H](C(=O)O)C(C)C)OCC(=O)N2. The second kappa shape index (κ2) is 6.65. The number of carbonyl (C=O) groups is 2. The summed E-state index contributed by atoms with van der Waals surface area (Å²) < 4.78 is 37.6. The number of amides is 1. The van der Waals surface area contributed by atoms with Crippen LogP contribution in [0.3, 0.4) is 0 Å². The summed E-state index contributed by atoms with van der Waals surface area (Å²) in [6, 6.07) is 1.21. The molecule has 3 N–H and O–H groups in total. The first-order valence-electron chi connectivity index (χ1n) is 7.05. The van der Waals surface area contributed by atoms with Gasteiger partial charge in [-0.15, -0.1) is 0 Å². The van der Waals surface area contributed by atoms with Gasteiger partial charge < -0.3 is 19.9 Å². The van der Waals surface area contributed by atoms with Gasteiger partial charge >= 0.3 is 5.97 Å². The van der Waals surface area contributed by atoms with E-state index in [-0.39, 0.29) is 34.6 Å². The molecule has 0 unspecified atom stereocenters. The molecule has 1 aromatic carbocycles. The van der Waals surface area contributed by atoms with E-state index in [2.05, 4.69) is 10.0 Å². The van der Waals surface area contributed by atoms with Crippen LogP contribution in [0.1, 0.15) is 13.8 Å². The van der Waals surface area contributed by atoms with Crippen molar-refractivity contribution in [2.24, 2.45) is 5.92 Å². The molecule has 0 saturated carbocycles. The fraction of sp³-hybridized carbons (Fsp3) is 0.429. The number of carboxylic acid groups (broad SMARTS) is 1. The van der Waals surface area contributed by atoms with Crippen LogP contribution in [0.15, 0.2) is 17.0 Å². The molecule has 10 heteroatoms. The van der Waals surface area contributed by atoms with Gasteiger partial charge in [0, 0.05) is 12.1 Å². The van der Waals surface area contributed by atoms with Crippen molar-refractivity contribution in [1.82, 2.24) is 4.72 Å². The van der Waals surface area contributed by atoms with Crippen LogP contribution >= 0.6 is 0 Å². The van der Waals surface area contributed by atoms with Crippen LogP contribution in [0, 0.1) is 5.92 Å². The number of ether oxygens (including phenoxy) is 2. The third-order valence-electron chi connectivity index (χ3n) is 3.40. The lowest BCUT2D eigenvalue weighted by Gasteiger charge is -2.22. The van der Waals surface area contributed by atoms with Crippen LogP contribution in [-0.4, -0.2) is 45.2 Å². The van der Waals surface area contributed by atoms with E-state index in [0.717, 1.165) is 0 Å². The first-order valence-corrected chi connectivity index (χ1v) is 8.54. The number of hydrogen-bond donors (Lipinski definition) is 3. The number of sulfonamides is 1. The van der Waals surface area contributed by atoms with Gasteiger partial charge in [0.2, 0.25) is 10.0 Å². The minimum Gasteiger partial charge on any atom is -0.495 e. The number of carbonyl (C=O) groups excluding carboxylic acids is 1. The zero-order valence-electron chi connectivity index (χ0n) is 13.3. The lowest BCUT2D eigenvalue weighted by molar-refractivity contribution is -0.140. The largest absolute Gasteiger partial charge is 0.495 e. The molecule has 0 spiro atoms. The Hall–Kier alpha value is -2.33. The van der Waals surface area contributed by atoms with Gasteiger partial charge in [0.05, 0.1) is 12.8 Å². The van der Waals surface area contributed by atoms with Gasteiger partial charge in [-0.1, -0.05) is 13.8 Å². The van der Waals surface area contributed by atoms with Crippen LogP contribution in [0.4, 0.5) is 5.69 Å². The summed E-state index contributed by atoms with van der Waals surface area (Å²) in [5.74, 6) is -2.00. The maximum Gasteiger partial charge on any atom is 0.322 e. The summed E-state index contributed by atoms with van der Waals surface area (Å²) in [5, 5.41) is 11.7. The molecule has 0 aromatic heterocycles. The molecule has 24 heavy (non-hydrogen) atoms. The molecule has 132 valence electrons. The first kappa shape index (κ1) is 18.0. The molecule has 1 heterocycles. The van der Waals surface area contributed by atoms with E-state index in [4.69, 9.17) is 9.47 Å². The number of carboxylic acids is 1. The Labute approximate surface area is 139 Å². The maximum atomic E-state index is 12.6. The van der Waals surface area contributed by atoms with Gasteiger partial charge in [-0.05, 0) is 5.92 Å². The molecule has 0 radical (unpaired) electrons. The molecular formula is C14H18N2O7S. The van der Waals surface area contributed by atoms with Crippen molar-refractivity contribution in [3.63, 3.8) is 0 Å². The first-order chi connectivity index (χ1) is 11.2. The number of nitrogens with one attached hydrogen (secondary N) is 2. The Morgan fingerprint density at radius 1 is 1.42 bits per heavy atom. The summed E-state index contributed by atoms with van der Waals surface area (Å²) >= 11 is 0. The molecule has 1 amide bonds. The van der Waals surface area contributed by atoms with E-state index in [1.54, 1.807) is 13.8 Å². The van der Waals surface area contributed by atoms with E-state index in [0.29, 0.717) is 0 Å². The number of benzene rings is 1. The highest BCUT2D eigenvalue weighted by Gasteiger charge is 2.31. The fourth-order valence-electron chi connectivity index (χ4n) is 2.16. The summed E-state index contributed by atoms with van der Waals surface area (Å²) in [7, 11) is -2.92. The predicted octanol–water partition coefficient (Wildman–Crippen LogP) is 0.414. The van der Waals surface area contributed by atoms with Crippen LogP contribution in [-0.2, 0) is 19.6 Å². The Kier molecular flexibility index (Phi) is 4.99. The number of fused-ring (bicyclic) bond motifs is 1. The summed E-state index contributed by atoms with van der Waals surface area (Å²) in [6.07, 6.45) is 0. The monoisotopic (exact) mass is 358 g/mol. The quantitative estimate of drug-likeness (QED) is 0.671. The van der Waals surface area contributed by atoms with E-state index in [9.17, 15) is 23.1 Å². The van der Waals surface area contributed by atoms with Gasteiger partial charge in [0.1, 0.15) is 22.4 Å². The average Bonchev–Trinajstić information content (AvgIpc) is 2.50. The standard InChI is InChI=1S/C14H18N2O7S/c1-7(2)13(14(18)19)16-24(20,21)11-5-9-8(4-10(11)22-3)15-12(17)6-23-9/h4-5,7,13,16H,6H2,1-3H3,(H,15,17)(H,18,19)/t13-/m0/s1. The Morgan fingerprint density at radius 2 is 2.08 bits per heavy atom. The molecule has 1 atom stereocenters. The molecule has 1 aliphatic heterocycles. The van der Waals surface area contributed by atoms with Crippen molar-refractivity contribution in [3.8, 4) is 11.5 Å². The Morgan fingerprint density at radius 3 is 2.62 bits per heavy atom. The van der Waals surface area contributed by atoms with Crippen LogP contribution in [0.25, 0.3) is 0 Å². The third-order valence-corrected chi connectivity index (χ3v) is 4.87. The van der Waals surface area contributed by atoms with Crippen LogP contribution < -0.4 is 19.5 Å². The number of methoxy groups -OCH3 is 1. The van der Waals surface area contributed by atoms with Crippen molar-refractivity contribution in [1.29, 1.82) is 0 Å². The van der Waals surface area contributed by atoms with E-state index < -0.39 is 28.0 Å². The second-order valence-electron chi connectivity index (χ2n) is 5.52. The number of hydrogen-bond acceptors (Lipinski definition) is 6. The van der Waals surface area contributed by atoms with Crippen molar-refractivity contribution < 1.29 is 32.6 Å². The van der Waals surface area contributed by atoms with Gasteiger partial charge in [0.25, 0.3) is 5.91 Å². The molecule has 0 bridgehead atoms. The topological polar surface area (TPSA) is 131 Å². The zero-order chi connectivity index (χ0) is 18.1. The highest BCUT2D eigenvalue weighted by atomic mass is 32.2. The summed E-state index contributed by atoms with van der Waals surface area (Å²) in [4.78, 5) is 22.3. The molecule has 1 aliphatic rings. The van der Waals surface area contributed by atoms with Crippen molar-refractivity contribution in [2.45, 2.75) is 24.8 Å². The molecule has 0 saturated heterocycles. The fourth-order valence-corrected chi connectivity index (χ4v) is 3.66. The van der Waals surface area contributed by atoms with Crippen molar-refractivity contribution >= 4 is 27.6 Å². The molecule has 9 nitrogen and oxygen atoms in total. The number of anilines is 1. The van der Waals surface area contributed by atoms with Crippen molar-refractivity contribution in [2.75, 3.05) is 19.0 Å². The summed E-state index contributed by atoms with van der Waals surface area (Å²) in [6.45, 7) is 2.93.